The lowest BCUT2D eigenvalue weighted by Crippen LogP contribution is -2.35. The molecule has 0 radical (unpaired) electrons. The second-order valence-corrected chi connectivity index (χ2v) is 7.52. The van der Waals surface area contributed by atoms with Crippen LogP contribution >= 0.6 is 11.6 Å². The number of sulfonamides is 1. The molecule has 0 heterocycles. The van der Waals surface area contributed by atoms with Crippen LogP contribution in [0.1, 0.15) is 19.8 Å². The zero-order valence-electron chi connectivity index (χ0n) is 13.2. The summed E-state index contributed by atoms with van der Waals surface area (Å²) in [5.41, 5.74) is 0.0227. The quantitative estimate of drug-likeness (QED) is 0.619. The van der Waals surface area contributed by atoms with Gasteiger partial charge in [-0.05, 0) is 44.0 Å². The highest BCUT2D eigenvalue weighted by atomic mass is 35.5. The predicted molar refractivity (Wildman–Crippen MR) is 90.9 cm³/mol. The zero-order chi connectivity index (χ0) is 18.6. The van der Waals surface area contributed by atoms with Crippen LogP contribution < -0.4 is 4.72 Å². The molecule has 1 atom stereocenters. The summed E-state index contributed by atoms with van der Waals surface area (Å²) in [6.45, 7) is 1.64. The third-order valence-corrected chi connectivity index (χ3v) is 5.61. The number of carbonyl (C=O) groups is 1. The van der Waals surface area contributed by atoms with Crippen molar-refractivity contribution in [1.82, 2.24) is 0 Å². The van der Waals surface area contributed by atoms with Gasteiger partial charge in [-0.1, -0.05) is 11.6 Å². The van der Waals surface area contributed by atoms with Gasteiger partial charge < -0.3 is 4.74 Å². The van der Waals surface area contributed by atoms with Gasteiger partial charge in [-0.3, -0.25) is 4.72 Å². The number of hydrogen-bond donors (Lipinski definition) is 1. The summed E-state index contributed by atoms with van der Waals surface area (Å²) in [4.78, 5) is 22.9. The van der Waals surface area contributed by atoms with Crippen molar-refractivity contribution in [1.29, 1.82) is 0 Å². The van der Waals surface area contributed by atoms with Gasteiger partial charge in [0.25, 0.3) is 0 Å². The molecule has 1 aromatic carbocycles. The van der Waals surface area contributed by atoms with Crippen molar-refractivity contribution in [2.75, 3.05) is 11.3 Å². The van der Waals surface area contributed by atoms with Crippen LogP contribution in [0, 0.1) is 5.82 Å². The largest absolute Gasteiger partial charge is 0.463 e. The molecule has 0 fully saturated rings. The maximum atomic E-state index is 13.1. The van der Waals surface area contributed by atoms with E-state index in [1.54, 1.807) is 12.9 Å². The number of halogens is 2. The van der Waals surface area contributed by atoms with Gasteiger partial charge in [0.05, 0.1) is 22.9 Å². The molecule has 0 aromatic heterocycles. The smallest absolute Gasteiger partial charge is 0.335 e. The first kappa shape index (κ1) is 19.2. The van der Waals surface area contributed by atoms with Crippen LogP contribution in [-0.2, 0) is 24.3 Å². The minimum absolute atomic E-state index is 0.00334. The van der Waals surface area contributed by atoms with Gasteiger partial charge in [0, 0.05) is 5.57 Å². The lowest BCUT2D eigenvalue weighted by Gasteiger charge is -2.24. The van der Waals surface area contributed by atoms with E-state index in [9.17, 15) is 22.4 Å². The first-order valence-corrected chi connectivity index (χ1v) is 9.30. The molecule has 1 N–H and O–H groups in total. The molecule has 25 heavy (non-hydrogen) atoms. The Bertz CT molecular complexity index is 875. The number of hydrogen-bond acceptors (Lipinski definition) is 5. The summed E-state index contributed by atoms with van der Waals surface area (Å²) in [6.07, 6.45) is 1.34. The summed E-state index contributed by atoms with van der Waals surface area (Å²) in [5.74, 6) is 0.236. The topological polar surface area (TPSA) is 89.5 Å². The van der Waals surface area contributed by atoms with Crippen molar-refractivity contribution in [2.24, 2.45) is 0 Å². The van der Waals surface area contributed by atoms with Crippen molar-refractivity contribution in [3.8, 4) is 0 Å². The Labute approximate surface area is 149 Å². The van der Waals surface area contributed by atoms with Crippen LogP contribution in [0.25, 0.3) is 0 Å². The third-order valence-electron chi connectivity index (χ3n) is 3.55. The lowest BCUT2D eigenvalue weighted by molar-refractivity contribution is -0.138. The lowest BCUT2D eigenvalue weighted by atomic mass is 9.95. The second-order valence-electron chi connectivity index (χ2n) is 5.25. The molecule has 6 nitrogen and oxygen atoms in total. The van der Waals surface area contributed by atoms with E-state index < -0.39 is 27.1 Å². The van der Waals surface area contributed by atoms with E-state index >= 15 is 0 Å². The van der Waals surface area contributed by atoms with Crippen molar-refractivity contribution in [3.63, 3.8) is 0 Å². The zero-order valence-corrected chi connectivity index (χ0v) is 14.8. The number of ether oxygens (including phenoxy) is 1. The Morgan fingerprint density at radius 3 is 2.80 bits per heavy atom. The van der Waals surface area contributed by atoms with Gasteiger partial charge in [0.15, 0.2) is 0 Å². The number of carbonyl (C=O) groups excluding carboxylic acids is 2. The van der Waals surface area contributed by atoms with Crippen LogP contribution in [-0.4, -0.2) is 32.2 Å². The molecule has 0 saturated heterocycles. The van der Waals surface area contributed by atoms with Crippen molar-refractivity contribution >= 4 is 39.2 Å². The third kappa shape index (κ3) is 4.48. The summed E-state index contributed by atoms with van der Waals surface area (Å²) in [7, 11) is -4.09. The number of esters is 1. The van der Waals surface area contributed by atoms with Crippen LogP contribution in [0.4, 0.5) is 10.1 Å². The first-order chi connectivity index (χ1) is 11.8. The molecule has 1 aliphatic rings. The maximum Gasteiger partial charge on any atom is 0.335 e. The highest BCUT2D eigenvalue weighted by Crippen LogP contribution is 2.31. The molecule has 1 unspecified atom stereocenters. The Balaban J connectivity index is 2.38. The van der Waals surface area contributed by atoms with E-state index in [4.69, 9.17) is 16.3 Å². The number of anilines is 1. The van der Waals surface area contributed by atoms with E-state index in [1.165, 1.54) is 12.1 Å². The second kappa shape index (κ2) is 7.82. The number of allylic oxidation sites excluding steroid dienone is 2. The fourth-order valence-corrected chi connectivity index (χ4v) is 4.22. The molecule has 0 spiro atoms. The monoisotopic (exact) mass is 387 g/mol. The van der Waals surface area contributed by atoms with E-state index in [1.807, 2.05) is 0 Å². The van der Waals surface area contributed by atoms with E-state index in [-0.39, 0.29) is 41.3 Å². The van der Waals surface area contributed by atoms with E-state index in [2.05, 4.69) is 4.72 Å². The van der Waals surface area contributed by atoms with Gasteiger partial charge in [0.1, 0.15) is 17.0 Å². The first-order valence-electron chi connectivity index (χ1n) is 7.38. The van der Waals surface area contributed by atoms with E-state index in [0.717, 1.165) is 12.1 Å². The number of nitrogens with one attached hydrogen (secondary N) is 1. The Kier molecular flexibility index (Phi) is 6.00. The molecule has 1 aliphatic carbocycles. The molecule has 1 aromatic rings. The summed E-state index contributed by atoms with van der Waals surface area (Å²) in [5, 5.41) is -1.35. The number of benzene rings is 1. The SMILES string of the molecule is CCOC(=O)C1=CC(=C=O)CCC1S(=O)(=O)Nc1ccc(F)cc1Cl. The maximum absolute atomic E-state index is 13.1. The predicted octanol–water partition coefficient (Wildman–Crippen LogP) is 2.63. The molecule has 0 saturated carbocycles. The van der Waals surface area contributed by atoms with Gasteiger partial charge >= 0.3 is 5.97 Å². The van der Waals surface area contributed by atoms with Crippen LogP contribution in [0.15, 0.2) is 35.4 Å². The van der Waals surface area contributed by atoms with Crippen molar-refractivity contribution in [3.05, 3.63) is 46.3 Å². The Morgan fingerprint density at radius 1 is 1.48 bits per heavy atom. The Hall–Kier alpha value is -2.15. The molecular weight excluding hydrogens is 373 g/mol. The molecule has 0 amide bonds. The average Bonchev–Trinajstić information content (AvgIpc) is 2.57. The van der Waals surface area contributed by atoms with Crippen molar-refractivity contribution in [2.45, 2.75) is 25.0 Å². The Morgan fingerprint density at radius 2 is 2.20 bits per heavy atom. The molecular formula is C16H15ClFNO5S. The van der Waals surface area contributed by atoms with Crippen LogP contribution in [0.5, 0.6) is 0 Å². The molecule has 0 aliphatic heterocycles. The summed E-state index contributed by atoms with van der Waals surface area (Å²) < 4.78 is 45.6. The van der Waals surface area contributed by atoms with Crippen LogP contribution in [0.2, 0.25) is 5.02 Å². The molecule has 2 rings (SSSR count). The fourth-order valence-electron chi connectivity index (χ4n) is 2.40. The minimum atomic E-state index is -4.09. The average molecular weight is 388 g/mol. The van der Waals surface area contributed by atoms with Crippen LogP contribution in [0.3, 0.4) is 0 Å². The fraction of sp³-hybridized carbons (Fsp3) is 0.312. The normalized spacial score (nSPS) is 17.5. The standard InChI is InChI=1S/C16H15ClFNO5S/c1-2-24-16(21)12-7-10(9-20)3-6-15(12)25(22,23)19-14-5-4-11(18)8-13(14)17/h4-5,7-8,15,19H,2-3,6H2,1H3. The minimum Gasteiger partial charge on any atom is -0.463 e. The summed E-state index contributed by atoms with van der Waals surface area (Å²) in [6, 6.07) is 3.21. The van der Waals surface area contributed by atoms with Gasteiger partial charge in [-0.25, -0.2) is 22.4 Å². The molecule has 0 bridgehead atoms. The highest BCUT2D eigenvalue weighted by Gasteiger charge is 2.36. The van der Waals surface area contributed by atoms with Crippen molar-refractivity contribution < 1.29 is 27.1 Å². The van der Waals surface area contributed by atoms with Gasteiger partial charge in [0.2, 0.25) is 10.0 Å². The molecule has 9 heteroatoms. The van der Waals surface area contributed by atoms with Gasteiger partial charge in [-0.2, -0.15) is 0 Å². The molecule has 134 valence electrons. The number of rotatable bonds is 5. The van der Waals surface area contributed by atoms with Gasteiger partial charge in [-0.15, -0.1) is 0 Å². The summed E-state index contributed by atoms with van der Waals surface area (Å²) >= 11 is 5.84. The van der Waals surface area contributed by atoms with E-state index in [0.29, 0.717) is 0 Å². The highest BCUT2D eigenvalue weighted by molar-refractivity contribution is 7.93.